The Morgan fingerprint density at radius 1 is 1.26 bits per heavy atom. The van der Waals surface area contributed by atoms with Crippen molar-refractivity contribution in [3.05, 3.63) is 41.5 Å². The number of ether oxygens (including phenoxy) is 1. The predicted molar refractivity (Wildman–Crippen MR) is 162 cm³/mol. The first-order valence-electron chi connectivity index (χ1n) is 14.6. The Kier molecular flexibility index (Phi) is 6.87. The molecule has 0 bridgehead atoms. The molecule has 7 rings (SSSR count). The van der Waals surface area contributed by atoms with Gasteiger partial charge in [-0.2, -0.15) is 15.2 Å². The number of alkyl halides is 1. The molecule has 8 nitrogen and oxygen atoms in total. The van der Waals surface area contributed by atoms with Gasteiger partial charge in [0.05, 0.1) is 21.3 Å². The van der Waals surface area contributed by atoms with E-state index in [9.17, 15) is 14.0 Å². The Bertz CT molecular complexity index is 1790. The lowest BCUT2D eigenvalue weighted by Crippen LogP contribution is -2.43. The molecular formula is C31H32F3N7OS. The molecule has 2 aromatic heterocycles. The number of nitrogens with zero attached hydrogens (tertiary/aromatic N) is 5. The van der Waals surface area contributed by atoms with Gasteiger partial charge in [-0.25, -0.2) is 13.2 Å². The van der Waals surface area contributed by atoms with Crippen LogP contribution in [0, 0.1) is 23.0 Å². The normalized spacial score (nSPS) is 25.4. The number of rotatable bonds is 6. The molecule has 3 N–H and O–H groups in total. The monoisotopic (exact) mass is 607 g/mol. The molecule has 3 aliphatic heterocycles. The van der Waals surface area contributed by atoms with Crippen LogP contribution in [-0.4, -0.2) is 72.0 Å². The molecule has 0 unspecified atom stereocenters. The van der Waals surface area contributed by atoms with E-state index in [1.54, 1.807) is 6.07 Å². The number of hydrogen-bond acceptors (Lipinski definition) is 9. The Labute approximate surface area is 251 Å². The quantitative estimate of drug-likeness (QED) is 0.301. The number of aromatic nitrogens is 2. The molecule has 0 saturated carbocycles. The lowest BCUT2D eigenvalue weighted by Gasteiger charge is -2.32. The fourth-order valence-corrected chi connectivity index (χ4v) is 8.30. The van der Waals surface area contributed by atoms with Gasteiger partial charge in [0.15, 0.2) is 0 Å². The smallest absolute Gasteiger partial charge is 0.319 e. The van der Waals surface area contributed by atoms with Crippen molar-refractivity contribution in [2.75, 3.05) is 43.9 Å². The highest BCUT2D eigenvalue weighted by atomic mass is 32.1. The van der Waals surface area contributed by atoms with Crippen molar-refractivity contribution in [1.29, 1.82) is 5.26 Å². The van der Waals surface area contributed by atoms with E-state index in [0.717, 1.165) is 43.7 Å². The summed E-state index contributed by atoms with van der Waals surface area (Å²) in [6.07, 6.45) is 2.25. The van der Waals surface area contributed by atoms with Crippen LogP contribution in [-0.2, 0) is 0 Å². The standard InChI is InChI=1S/C31H32F3N7OS/c1-16-25(6-8-37-16)40(2)29-20-10-23(34)19(18-4-5-22(33)27-26(18)21(13-35)28(36)43-27)11-24(20)38-30(39-29)42-15-31-7-3-9-41(31)14-17(32)12-31/h4-5,10-11,16-17,25,37H,3,6-9,12,14-15,36H2,1-2H3/t16-,17-,25-,31+/m1/s1. The number of anilines is 2. The molecule has 2 aromatic carbocycles. The number of benzene rings is 2. The number of nitrogens with one attached hydrogen (secondary N) is 1. The minimum Gasteiger partial charge on any atom is -0.461 e. The molecule has 0 aliphatic carbocycles. The zero-order valence-corrected chi connectivity index (χ0v) is 24.8. The molecule has 5 heterocycles. The topological polar surface area (TPSA) is 103 Å². The highest BCUT2D eigenvalue weighted by molar-refractivity contribution is 7.23. The highest BCUT2D eigenvalue weighted by Gasteiger charge is 2.49. The van der Waals surface area contributed by atoms with Crippen LogP contribution in [0.4, 0.5) is 24.0 Å². The van der Waals surface area contributed by atoms with Crippen molar-refractivity contribution >= 4 is 43.1 Å². The van der Waals surface area contributed by atoms with E-state index in [1.165, 1.54) is 18.2 Å². The van der Waals surface area contributed by atoms with Crippen molar-refractivity contribution in [2.45, 2.75) is 56.4 Å². The lowest BCUT2D eigenvalue weighted by molar-refractivity contribution is 0.107. The van der Waals surface area contributed by atoms with Crippen molar-refractivity contribution < 1.29 is 17.9 Å². The summed E-state index contributed by atoms with van der Waals surface area (Å²) in [5.41, 5.74) is 6.74. The Hall–Kier alpha value is -3.66. The van der Waals surface area contributed by atoms with Crippen LogP contribution in [0.15, 0.2) is 24.3 Å². The van der Waals surface area contributed by atoms with Crippen LogP contribution in [0.1, 0.15) is 38.2 Å². The van der Waals surface area contributed by atoms with E-state index in [-0.39, 0.29) is 56.5 Å². The van der Waals surface area contributed by atoms with Gasteiger partial charge in [0.2, 0.25) is 0 Å². The Balaban J connectivity index is 1.36. The number of halogens is 3. The van der Waals surface area contributed by atoms with Gasteiger partial charge < -0.3 is 20.7 Å². The second-order valence-electron chi connectivity index (χ2n) is 12.0. The molecule has 12 heteroatoms. The van der Waals surface area contributed by atoms with Crippen LogP contribution in [0.5, 0.6) is 6.01 Å². The van der Waals surface area contributed by atoms with Crippen LogP contribution in [0.25, 0.3) is 32.1 Å². The summed E-state index contributed by atoms with van der Waals surface area (Å²) in [5.74, 6) is -0.551. The molecular weight excluding hydrogens is 575 g/mol. The SMILES string of the molecule is C[C@H]1NCC[C@H]1N(C)c1nc(OC[C@@]23CCCN2C[C@H](F)C3)nc2cc(-c3ccc(F)c4sc(N)c(C#N)c34)c(F)cc12. The Morgan fingerprint density at radius 3 is 2.86 bits per heavy atom. The molecule has 224 valence electrons. The van der Waals surface area contributed by atoms with E-state index in [0.29, 0.717) is 35.2 Å². The van der Waals surface area contributed by atoms with Gasteiger partial charge in [-0.15, -0.1) is 11.3 Å². The fraction of sp³-hybridized carbons (Fsp3) is 0.452. The second kappa shape index (κ2) is 10.5. The third-order valence-corrected chi connectivity index (χ3v) is 10.5. The molecule has 3 fully saturated rings. The summed E-state index contributed by atoms with van der Waals surface area (Å²) in [5, 5.41) is 14.2. The van der Waals surface area contributed by atoms with Gasteiger partial charge in [-0.1, -0.05) is 6.07 Å². The minimum atomic E-state index is -0.887. The van der Waals surface area contributed by atoms with Crippen molar-refractivity contribution in [3.63, 3.8) is 0 Å². The van der Waals surface area contributed by atoms with E-state index in [4.69, 9.17) is 20.4 Å². The number of likely N-dealkylation sites (N-methyl/N-ethyl adjacent to an activating group) is 1. The maximum Gasteiger partial charge on any atom is 0.319 e. The van der Waals surface area contributed by atoms with Gasteiger partial charge in [0.1, 0.15) is 41.3 Å². The van der Waals surface area contributed by atoms with Gasteiger partial charge in [0, 0.05) is 48.4 Å². The third kappa shape index (κ3) is 4.56. The maximum atomic E-state index is 16.0. The highest BCUT2D eigenvalue weighted by Crippen LogP contribution is 2.44. The molecule has 4 aromatic rings. The minimum absolute atomic E-state index is 0.114. The largest absolute Gasteiger partial charge is 0.461 e. The number of fused-ring (bicyclic) bond motifs is 3. The lowest BCUT2D eigenvalue weighted by atomic mass is 9.95. The Morgan fingerprint density at radius 2 is 2.09 bits per heavy atom. The molecule has 0 radical (unpaired) electrons. The summed E-state index contributed by atoms with van der Waals surface area (Å²) in [7, 11) is 1.93. The average Bonchev–Trinajstić information content (AvgIpc) is 3.73. The molecule has 0 spiro atoms. The van der Waals surface area contributed by atoms with Crippen LogP contribution >= 0.6 is 11.3 Å². The van der Waals surface area contributed by atoms with Crippen molar-refractivity contribution in [2.24, 2.45) is 0 Å². The molecule has 4 atom stereocenters. The van der Waals surface area contributed by atoms with E-state index >= 15 is 4.39 Å². The van der Waals surface area contributed by atoms with E-state index in [2.05, 4.69) is 23.2 Å². The maximum absolute atomic E-state index is 16.0. The number of thiophene rings is 1. The molecule has 43 heavy (non-hydrogen) atoms. The predicted octanol–water partition coefficient (Wildman–Crippen LogP) is 5.39. The van der Waals surface area contributed by atoms with Gasteiger partial charge in [-0.3, -0.25) is 4.90 Å². The van der Waals surface area contributed by atoms with Gasteiger partial charge >= 0.3 is 6.01 Å². The summed E-state index contributed by atoms with van der Waals surface area (Å²) in [4.78, 5) is 13.7. The zero-order valence-electron chi connectivity index (χ0n) is 24.0. The molecule has 0 amide bonds. The number of nitrogens with two attached hydrogens (primary N) is 1. The summed E-state index contributed by atoms with van der Waals surface area (Å²) < 4.78 is 51.7. The first-order valence-corrected chi connectivity index (χ1v) is 15.4. The second-order valence-corrected chi connectivity index (χ2v) is 13.1. The zero-order chi connectivity index (χ0) is 30.0. The molecule has 3 saturated heterocycles. The summed E-state index contributed by atoms with van der Waals surface area (Å²) in [6, 6.07) is 8.21. The number of hydrogen-bond donors (Lipinski definition) is 2. The van der Waals surface area contributed by atoms with Crippen molar-refractivity contribution in [1.82, 2.24) is 20.2 Å². The first kappa shape index (κ1) is 28.1. The molecule has 3 aliphatic rings. The van der Waals surface area contributed by atoms with E-state index in [1.807, 2.05) is 11.9 Å². The summed E-state index contributed by atoms with van der Waals surface area (Å²) >= 11 is 0.966. The fourth-order valence-electron chi connectivity index (χ4n) is 7.36. The average molecular weight is 608 g/mol. The van der Waals surface area contributed by atoms with Crippen LogP contribution in [0.3, 0.4) is 0 Å². The summed E-state index contributed by atoms with van der Waals surface area (Å²) in [6.45, 7) is 4.48. The first-order chi connectivity index (χ1) is 20.7. The van der Waals surface area contributed by atoms with E-state index < -0.39 is 17.8 Å². The number of nitriles is 1. The van der Waals surface area contributed by atoms with Crippen molar-refractivity contribution in [3.8, 4) is 23.2 Å². The van der Waals surface area contributed by atoms with Gasteiger partial charge in [-0.05, 0) is 63.0 Å². The van der Waals surface area contributed by atoms with Crippen LogP contribution < -0.4 is 20.7 Å². The number of nitrogen functional groups attached to an aromatic ring is 1. The van der Waals surface area contributed by atoms with Crippen LogP contribution in [0.2, 0.25) is 0 Å². The van der Waals surface area contributed by atoms with Gasteiger partial charge in [0.25, 0.3) is 0 Å². The third-order valence-electron chi connectivity index (χ3n) is 9.51.